The first-order chi connectivity index (χ1) is 13.2. The van der Waals surface area contributed by atoms with Crippen LogP contribution in [0.15, 0.2) is 52.9 Å². The van der Waals surface area contributed by atoms with E-state index >= 15 is 0 Å². The zero-order chi connectivity index (χ0) is 19.1. The molecule has 0 fully saturated rings. The van der Waals surface area contributed by atoms with E-state index in [9.17, 15) is 9.59 Å². The second-order valence-electron chi connectivity index (χ2n) is 5.42. The highest BCUT2D eigenvalue weighted by Gasteiger charge is 2.07. The number of carbonyl (C=O) groups excluding carboxylic acids is 2. The van der Waals surface area contributed by atoms with Gasteiger partial charge in [-0.1, -0.05) is 36.0 Å². The van der Waals surface area contributed by atoms with Gasteiger partial charge in [0, 0.05) is 17.9 Å². The summed E-state index contributed by atoms with van der Waals surface area (Å²) in [4.78, 5) is 27.5. The molecular weight excluding hydrogens is 386 g/mol. The van der Waals surface area contributed by atoms with Crippen molar-refractivity contribution in [2.24, 2.45) is 0 Å². The molecule has 9 heteroatoms. The molecule has 0 spiro atoms. The lowest BCUT2D eigenvalue weighted by atomic mass is 10.1. The van der Waals surface area contributed by atoms with Gasteiger partial charge in [-0.2, -0.15) is 0 Å². The molecule has 2 aromatic carbocycles. The Balaban J connectivity index is 1.36. The number of nitrogens with zero attached hydrogens (tertiary/aromatic N) is 1. The molecule has 7 nitrogen and oxygen atoms in total. The van der Waals surface area contributed by atoms with E-state index in [1.54, 1.807) is 52.8 Å². The largest absolute Gasteiger partial charge is 0.449 e. The van der Waals surface area contributed by atoms with E-state index < -0.39 is 12.0 Å². The first-order valence-electron chi connectivity index (χ1n) is 8.08. The summed E-state index contributed by atoms with van der Waals surface area (Å²) in [5.41, 5.74) is 3.68. The highest BCUT2D eigenvalue weighted by molar-refractivity contribution is 8.01. The molecule has 1 heterocycles. The first-order valence-corrected chi connectivity index (χ1v) is 9.88. The summed E-state index contributed by atoms with van der Waals surface area (Å²) < 4.78 is 7.24. The lowest BCUT2D eigenvalue weighted by molar-refractivity contribution is 0.0706. The SMILES string of the molecule is O=C(NCc1ccc(C(=O)NO)cc1)OCCSc1nc2ccccc2s1. The van der Waals surface area contributed by atoms with Gasteiger partial charge in [-0.15, -0.1) is 11.3 Å². The fraction of sp³-hybridized carbons (Fsp3) is 0.167. The number of carbonyl (C=O) groups is 2. The Kier molecular flexibility index (Phi) is 6.64. The average molecular weight is 403 g/mol. The van der Waals surface area contributed by atoms with E-state index in [0.717, 1.165) is 20.1 Å². The predicted molar refractivity (Wildman–Crippen MR) is 104 cm³/mol. The van der Waals surface area contributed by atoms with Crippen molar-refractivity contribution in [3.05, 3.63) is 59.7 Å². The van der Waals surface area contributed by atoms with Gasteiger partial charge in [0.1, 0.15) is 6.61 Å². The van der Waals surface area contributed by atoms with Gasteiger partial charge in [-0.05, 0) is 29.8 Å². The molecule has 0 radical (unpaired) electrons. The van der Waals surface area contributed by atoms with Gasteiger partial charge in [0.2, 0.25) is 0 Å². The van der Waals surface area contributed by atoms with Crippen LogP contribution in [0.4, 0.5) is 4.79 Å². The third-order valence-corrected chi connectivity index (χ3v) is 5.71. The molecule has 0 bridgehead atoms. The second kappa shape index (κ2) is 9.36. The van der Waals surface area contributed by atoms with Crippen molar-refractivity contribution in [3.63, 3.8) is 0 Å². The zero-order valence-corrected chi connectivity index (χ0v) is 15.8. The lowest BCUT2D eigenvalue weighted by Gasteiger charge is -2.07. The molecule has 3 N–H and O–H groups in total. The molecule has 27 heavy (non-hydrogen) atoms. The minimum absolute atomic E-state index is 0.280. The van der Waals surface area contributed by atoms with Crippen molar-refractivity contribution < 1.29 is 19.5 Å². The van der Waals surface area contributed by atoms with E-state index in [-0.39, 0.29) is 13.2 Å². The number of ether oxygens (including phenoxy) is 1. The Labute approximate surface area is 163 Å². The number of thiazole rings is 1. The Morgan fingerprint density at radius 3 is 2.67 bits per heavy atom. The minimum Gasteiger partial charge on any atom is -0.449 e. The molecular formula is C18H17N3O4S2. The van der Waals surface area contributed by atoms with E-state index in [0.29, 0.717) is 11.3 Å². The molecule has 0 saturated heterocycles. The molecule has 0 aliphatic heterocycles. The van der Waals surface area contributed by atoms with Crippen LogP contribution in [-0.2, 0) is 11.3 Å². The van der Waals surface area contributed by atoms with Crippen molar-refractivity contribution in [1.82, 2.24) is 15.8 Å². The maximum atomic E-state index is 11.7. The molecule has 2 amide bonds. The molecule has 0 atom stereocenters. The second-order valence-corrected chi connectivity index (χ2v) is 7.80. The summed E-state index contributed by atoms with van der Waals surface area (Å²) in [6.07, 6.45) is -0.503. The molecule has 140 valence electrons. The molecule has 3 rings (SSSR count). The summed E-state index contributed by atoms with van der Waals surface area (Å²) in [6, 6.07) is 14.4. The number of nitrogens with one attached hydrogen (secondary N) is 2. The summed E-state index contributed by atoms with van der Waals surface area (Å²) in [5.74, 6) is 0.0395. The number of hydrogen-bond donors (Lipinski definition) is 3. The van der Waals surface area contributed by atoms with Gasteiger partial charge in [-0.3, -0.25) is 10.0 Å². The molecule has 1 aromatic heterocycles. The van der Waals surface area contributed by atoms with Crippen LogP contribution in [0, 0.1) is 0 Å². The van der Waals surface area contributed by atoms with E-state index in [2.05, 4.69) is 10.3 Å². The maximum absolute atomic E-state index is 11.7. The number of hydroxylamine groups is 1. The summed E-state index contributed by atoms with van der Waals surface area (Å²) in [6.45, 7) is 0.562. The van der Waals surface area contributed by atoms with Crippen LogP contribution < -0.4 is 10.8 Å². The number of benzene rings is 2. The third-order valence-electron chi connectivity index (χ3n) is 3.57. The molecule has 0 aliphatic carbocycles. The van der Waals surface area contributed by atoms with Gasteiger partial charge in [0.05, 0.1) is 10.2 Å². The highest BCUT2D eigenvalue weighted by atomic mass is 32.2. The van der Waals surface area contributed by atoms with Crippen LogP contribution in [0.25, 0.3) is 10.2 Å². The topological polar surface area (TPSA) is 101 Å². The van der Waals surface area contributed by atoms with Crippen LogP contribution in [0.5, 0.6) is 0 Å². The molecule has 0 aliphatic rings. The number of amides is 2. The van der Waals surface area contributed by atoms with E-state index in [1.165, 1.54) is 0 Å². The number of alkyl carbamates (subject to hydrolysis) is 1. The lowest BCUT2D eigenvalue weighted by Crippen LogP contribution is -2.24. The van der Waals surface area contributed by atoms with Crippen molar-refractivity contribution >= 4 is 45.3 Å². The summed E-state index contributed by atoms with van der Waals surface area (Å²) >= 11 is 3.17. The summed E-state index contributed by atoms with van der Waals surface area (Å²) in [7, 11) is 0. The number of para-hydroxylation sites is 1. The van der Waals surface area contributed by atoms with Crippen LogP contribution in [0.1, 0.15) is 15.9 Å². The fourth-order valence-corrected chi connectivity index (χ4v) is 4.20. The van der Waals surface area contributed by atoms with Crippen LogP contribution in [0.3, 0.4) is 0 Å². The number of hydrogen-bond acceptors (Lipinski definition) is 7. The summed E-state index contributed by atoms with van der Waals surface area (Å²) in [5, 5.41) is 11.2. The highest BCUT2D eigenvalue weighted by Crippen LogP contribution is 2.28. The van der Waals surface area contributed by atoms with Crippen molar-refractivity contribution in [2.45, 2.75) is 10.9 Å². The maximum Gasteiger partial charge on any atom is 0.407 e. The van der Waals surface area contributed by atoms with Crippen molar-refractivity contribution in [1.29, 1.82) is 0 Å². The number of aromatic nitrogens is 1. The van der Waals surface area contributed by atoms with Crippen LogP contribution in [-0.4, -0.2) is 34.6 Å². The third kappa shape index (κ3) is 5.43. The quantitative estimate of drug-likeness (QED) is 0.242. The van der Waals surface area contributed by atoms with Crippen molar-refractivity contribution in [3.8, 4) is 0 Å². The average Bonchev–Trinajstić information content (AvgIpc) is 3.12. The molecule has 0 saturated carbocycles. The Morgan fingerprint density at radius 2 is 1.93 bits per heavy atom. The fourth-order valence-electron chi connectivity index (χ4n) is 2.24. The smallest absolute Gasteiger partial charge is 0.407 e. The van der Waals surface area contributed by atoms with Gasteiger partial charge < -0.3 is 10.1 Å². The molecule has 0 unspecified atom stereocenters. The predicted octanol–water partition coefficient (Wildman–Crippen LogP) is 3.43. The number of thioether (sulfide) groups is 1. The zero-order valence-electron chi connectivity index (χ0n) is 14.2. The van der Waals surface area contributed by atoms with Gasteiger partial charge in [0.15, 0.2) is 4.34 Å². The Bertz CT molecular complexity index is 895. The number of fused-ring (bicyclic) bond motifs is 1. The van der Waals surface area contributed by atoms with Crippen LogP contribution >= 0.6 is 23.1 Å². The van der Waals surface area contributed by atoms with E-state index in [4.69, 9.17) is 9.94 Å². The Hall–Kier alpha value is -2.62. The Morgan fingerprint density at radius 1 is 1.15 bits per heavy atom. The van der Waals surface area contributed by atoms with Gasteiger partial charge >= 0.3 is 6.09 Å². The first kappa shape index (κ1) is 19.2. The van der Waals surface area contributed by atoms with Crippen molar-refractivity contribution in [2.75, 3.05) is 12.4 Å². The van der Waals surface area contributed by atoms with Gasteiger partial charge in [-0.25, -0.2) is 15.3 Å². The normalized spacial score (nSPS) is 10.6. The monoisotopic (exact) mass is 403 g/mol. The van der Waals surface area contributed by atoms with Gasteiger partial charge in [0.25, 0.3) is 5.91 Å². The van der Waals surface area contributed by atoms with E-state index in [1.807, 2.05) is 24.3 Å². The molecule has 3 aromatic rings. The number of rotatable bonds is 7. The minimum atomic E-state index is -0.584. The standard InChI is InChI=1S/C18H17N3O4S2/c22-16(21-24)13-7-5-12(6-8-13)11-19-17(23)25-9-10-26-18-20-14-3-1-2-4-15(14)27-18/h1-8,24H,9-11H2,(H,19,23)(H,21,22). The van der Waals surface area contributed by atoms with Crippen LogP contribution in [0.2, 0.25) is 0 Å².